The first-order valence-electron chi connectivity index (χ1n) is 11.1. The van der Waals surface area contributed by atoms with Gasteiger partial charge in [0.2, 0.25) is 0 Å². The summed E-state index contributed by atoms with van der Waals surface area (Å²) in [6.07, 6.45) is -4.38. The molecule has 0 aromatic heterocycles. The van der Waals surface area contributed by atoms with Gasteiger partial charge in [0.05, 0.1) is 0 Å². The van der Waals surface area contributed by atoms with Crippen molar-refractivity contribution in [1.82, 2.24) is 4.90 Å². The number of benzene rings is 2. The Labute approximate surface area is 216 Å². The van der Waals surface area contributed by atoms with Crippen molar-refractivity contribution in [2.45, 2.75) is 32.0 Å². The van der Waals surface area contributed by atoms with Gasteiger partial charge in [-0.15, -0.1) is 5.06 Å². The van der Waals surface area contributed by atoms with Crippen LogP contribution in [0, 0.1) is 5.92 Å². The number of halogens is 5. The van der Waals surface area contributed by atoms with E-state index in [0.29, 0.717) is 17.5 Å². The SMILES string of the molecule is CC(=O)N(OC(=O)C(F)(F)F)c1cc(Cl)ccc1OCC(O)CN1CCC(Cc2ccc(Cl)cc2)C1. The van der Waals surface area contributed by atoms with Crippen LogP contribution in [0.25, 0.3) is 0 Å². The lowest BCUT2D eigenvalue weighted by Crippen LogP contribution is -2.38. The highest BCUT2D eigenvalue weighted by atomic mass is 35.5. The Hall–Kier alpha value is -2.53. The Kier molecular flexibility index (Phi) is 9.46. The standard InChI is InChI=1S/C24H25Cl2F3N2O5/c1-15(32)31(36-23(34)24(27,28)29)21-11-19(26)6-7-22(21)35-14-20(33)13-30-9-8-17(12-30)10-16-2-4-18(25)5-3-16/h2-7,11,17,20,33H,8-10,12-14H2,1H3. The number of carbonyl (C=O) groups excluding carboxylic acids is 2. The van der Waals surface area contributed by atoms with E-state index in [4.69, 9.17) is 27.9 Å². The fourth-order valence-corrected chi connectivity index (χ4v) is 4.22. The Bertz CT molecular complexity index is 1070. The van der Waals surface area contributed by atoms with Gasteiger partial charge >= 0.3 is 12.1 Å². The first kappa shape index (κ1) is 28.0. The molecule has 1 saturated heterocycles. The zero-order valence-electron chi connectivity index (χ0n) is 19.3. The first-order valence-corrected chi connectivity index (χ1v) is 11.8. The van der Waals surface area contributed by atoms with Gasteiger partial charge in [0.15, 0.2) is 0 Å². The molecule has 3 rings (SSSR count). The molecule has 7 nitrogen and oxygen atoms in total. The first-order chi connectivity index (χ1) is 16.9. The Morgan fingerprint density at radius 2 is 1.83 bits per heavy atom. The van der Waals surface area contributed by atoms with Crippen LogP contribution in [0.5, 0.6) is 5.75 Å². The van der Waals surface area contributed by atoms with Gasteiger partial charge in [0, 0.05) is 30.1 Å². The molecule has 0 bridgehead atoms. The maximum absolute atomic E-state index is 12.7. The smallest absolute Gasteiger partial charge is 0.489 e. The fourth-order valence-electron chi connectivity index (χ4n) is 3.92. The Morgan fingerprint density at radius 3 is 2.47 bits per heavy atom. The second-order valence-corrected chi connectivity index (χ2v) is 9.38. The van der Waals surface area contributed by atoms with Crippen LogP contribution in [0.3, 0.4) is 0 Å². The summed E-state index contributed by atoms with van der Waals surface area (Å²) < 4.78 is 43.6. The van der Waals surface area contributed by atoms with E-state index in [1.807, 2.05) is 24.3 Å². The molecule has 0 saturated carbocycles. The van der Waals surface area contributed by atoms with Crippen molar-refractivity contribution in [3.63, 3.8) is 0 Å². The zero-order chi connectivity index (χ0) is 26.5. The number of hydrogen-bond acceptors (Lipinski definition) is 6. The number of aliphatic hydroxyl groups is 1. The molecule has 1 heterocycles. The number of aliphatic hydroxyl groups excluding tert-OH is 1. The molecule has 1 fully saturated rings. The molecule has 2 unspecified atom stereocenters. The highest BCUT2D eigenvalue weighted by molar-refractivity contribution is 6.31. The van der Waals surface area contributed by atoms with Gasteiger partial charge in [-0.1, -0.05) is 35.3 Å². The molecule has 1 aliphatic heterocycles. The third kappa shape index (κ3) is 7.99. The third-order valence-electron chi connectivity index (χ3n) is 5.54. The molecule has 1 N–H and O–H groups in total. The number of likely N-dealkylation sites (tertiary alicyclic amines) is 1. The second-order valence-electron chi connectivity index (χ2n) is 8.51. The molecule has 12 heteroatoms. The van der Waals surface area contributed by atoms with Crippen molar-refractivity contribution in [3.05, 3.63) is 58.1 Å². The van der Waals surface area contributed by atoms with Crippen molar-refractivity contribution >= 4 is 40.8 Å². The lowest BCUT2D eigenvalue weighted by atomic mass is 9.99. The minimum atomic E-state index is -5.31. The van der Waals surface area contributed by atoms with Crippen LogP contribution < -0.4 is 9.80 Å². The molecular formula is C24H25Cl2F3N2O5. The van der Waals surface area contributed by atoms with E-state index >= 15 is 0 Å². The molecule has 36 heavy (non-hydrogen) atoms. The van der Waals surface area contributed by atoms with Crippen LogP contribution in [0.15, 0.2) is 42.5 Å². The summed E-state index contributed by atoms with van der Waals surface area (Å²) in [5.74, 6) is -3.25. The van der Waals surface area contributed by atoms with Crippen LogP contribution in [-0.4, -0.2) is 60.4 Å². The van der Waals surface area contributed by atoms with Gasteiger partial charge in [-0.25, -0.2) is 4.79 Å². The quantitative estimate of drug-likeness (QED) is 0.483. The van der Waals surface area contributed by atoms with Crippen LogP contribution in [-0.2, 0) is 20.8 Å². The highest BCUT2D eigenvalue weighted by Gasteiger charge is 2.43. The molecule has 2 atom stereocenters. The zero-order valence-corrected chi connectivity index (χ0v) is 20.8. The van der Waals surface area contributed by atoms with E-state index < -0.39 is 24.2 Å². The molecule has 2 aromatic rings. The van der Waals surface area contributed by atoms with Gasteiger partial charge in [-0.05, 0) is 61.2 Å². The lowest BCUT2D eigenvalue weighted by molar-refractivity contribution is -0.201. The molecular weight excluding hydrogens is 524 g/mol. The Balaban J connectivity index is 1.58. The van der Waals surface area contributed by atoms with Crippen molar-refractivity contribution in [2.75, 3.05) is 31.3 Å². The van der Waals surface area contributed by atoms with E-state index in [1.165, 1.54) is 17.7 Å². The van der Waals surface area contributed by atoms with Crippen LogP contribution in [0.4, 0.5) is 18.9 Å². The maximum atomic E-state index is 12.7. The van der Waals surface area contributed by atoms with Gasteiger partial charge in [-0.2, -0.15) is 13.2 Å². The molecule has 0 aliphatic carbocycles. The monoisotopic (exact) mass is 548 g/mol. The summed E-state index contributed by atoms with van der Waals surface area (Å²) >= 11 is 11.9. The van der Waals surface area contributed by atoms with E-state index in [0.717, 1.165) is 38.9 Å². The largest absolute Gasteiger partial charge is 0.493 e. The average molecular weight is 549 g/mol. The summed E-state index contributed by atoms with van der Waals surface area (Å²) in [5.41, 5.74) is 0.885. The van der Waals surface area contributed by atoms with Crippen molar-refractivity contribution < 1.29 is 37.4 Å². The fraction of sp³-hybridized carbons (Fsp3) is 0.417. The molecule has 1 amide bonds. The van der Waals surface area contributed by atoms with Gasteiger partial charge in [0.1, 0.15) is 24.1 Å². The predicted molar refractivity (Wildman–Crippen MR) is 128 cm³/mol. The van der Waals surface area contributed by atoms with Crippen molar-refractivity contribution in [2.24, 2.45) is 5.92 Å². The maximum Gasteiger partial charge on any atom is 0.493 e. The van der Waals surface area contributed by atoms with Crippen LogP contribution in [0.1, 0.15) is 18.9 Å². The second kappa shape index (κ2) is 12.1. The van der Waals surface area contributed by atoms with Crippen molar-refractivity contribution in [3.8, 4) is 5.75 Å². The topological polar surface area (TPSA) is 79.3 Å². The number of amides is 1. The molecule has 0 radical (unpaired) electrons. The number of rotatable bonds is 8. The molecule has 0 spiro atoms. The molecule has 1 aliphatic rings. The number of hydroxylamine groups is 1. The minimum absolute atomic E-state index is 0.0657. The van der Waals surface area contributed by atoms with E-state index in [-0.39, 0.29) is 28.1 Å². The number of β-amino-alcohol motifs (C(OH)–C–C–N with tert-alkyl or cyclic N) is 1. The van der Waals surface area contributed by atoms with Gasteiger partial charge < -0.3 is 19.6 Å². The third-order valence-corrected chi connectivity index (χ3v) is 6.03. The van der Waals surface area contributed by atoms with Gasteiger partial charge in [-0.3, -0.25) is 4.79 Å². The van der Waals surface area contributed by atoms with E-state index in [2.05, 4.69) is 9.74 Å². The average Bonchev–Trinajstić information content (AvgIpc) is 3.23. The summed E-state index contributed by atoms with van der Waals surface area (Å²) in [4.78, 5) is 29.6. The summed E-state index contributed by atoms with van der Waals surface area (Å²) in [5, 5.41) is 11.4. The minimum Gasteiger partial charge on any atom is -0.489 e. The molecule has 196 valence electrons. The predicted octanol–water partition coefficient (Wildman–Crippen LogP) is 4.67. The summed E-state index contributed by atoms with van der Waals surface area (Å²) in [6.45, 7) is 2.60. The molecule has 2 aromatic carbocycles. The number of alkyl halides is 3. The van der Waals surface area contributed by atoms with E-state index in [1.54, 1.807) is 0 Å². The number of nitrogens with zero attached hydrogens (tertiary/aromatic N) is 2. The number of anilines is 1. The highest BCUT2D eigenvalue weighted by Crippen LogP contribution is 2.33. The van der Waals surface area contributed by atoms with Crippen molar-refractivity contribution in [1.29, 1.82) is 0 Å². The van der Waals surface area contributed by atoms with Crippen LogP contribution in [0.2, 0.25) is 10.0 Å². The van der Waals surface area contributed by atoms with Crippen LogP contribution >= 0.6 is 23.2 Å². The Morgan fingerprint density at radius 1 is 1.17 bits per heavy atom. The normalized spacial score (nSPS) is 17.0. The lowest BCUT2D eigenvalue weighted by Gasteiger charge is -2.24. The van der Waals surface area contributed by atoms with E-state index in [9.17, 15) is 27.9 Å². The number of ether oxygens (including phenoxy) is 1. The number of hydrogen-bond donors (Lipinski definition) is 1. The summed E-state index contributed by atoms with van der Waals surface area (Å²) in [6, 6.07) is 11.5. The summed E-state index contributed by atoms with van der Waals surface area (Å²) in [7, 11) is 0. The van der Waals surface area contributed by atoms with Gasteiger partial charge in [0.25, 0.3) is 5.91 Å². The number of carbonyl (C=O) groups is 2.